The van der Waals surface area contributed by atoms with E-state index in [0.717, 1.165) is 16.3 Å². The molecule has 3 rings (SSSR count). The van der Waals surface area contributed by atoms with Crippen LogP contribution in [0, 0.1) is 0 Å². The first-order chi connectivity index (χ1) is 13.7. The normalized spacial score (nSPS) is 12.4. The number of amides is 1. The average Bonchev–Trinajstić information content (AvgIpc) is 3.05. The van der Waals surface area contributed by atoms with Crippen LogP contribution in [0.4, 0.5) is 18.9 Å². The summed E-state index contributed by atoms with van der Waals surface area (Å²) in [6, 6.07) is 16.0. The Morgan fingerprint density at radius 1 is 1.07 bits per heavy atom. The van der Waals surface area contributed by atoms with Gasteiger partial charge in [0.05, 0.1) is 5.25 Å². The fraction of sp³-hybridized carbons (Fsp3) is 0.211. The van der Waals surface area contributed by atoms with E-state index in [2.05, 4.69) is 15.5 Å². The van der Waals surface area contributed by atoms with Crippen LogP contribution >= 0.6 is 11.8 Å². The molecule has 1 amide bonds. The van der Waals surface area contributed by atoms with Crippen LogP contribution in [-0.4, -0.2) is 25.9 Å². The van der Waals surface area contributed by atoms with Crippen molar-refractivity contribution in [2.75, 3.05) is 5.32 Å². The fourth-order valence-electron chi connectivity index (χ4n) is 2.35. The largest absolute Gasteiger partial charge is 0.457 e. The molecule has 1 N–H and O–H groups in total. The van der Waals surface area contributed by atoms with Crippen molar-refractivity contribution in [2.45, 2.75) is 23.5 Å². The van der Waals surface area contributed by atoms with Gasteiger partial charge < -0.3 is 14.6 Å². The van der Waals surface area contributed by atoms with Crippen molar-refractivity contribution < 1.29 is 22.7 Å². The van der Waals surface area contributed by atoms with Crippen LogP contribution in [0.5, 0.6) is 11.5 Å². The van der Waals surface area contributed by atoms with Gasteiger partial charge in [-0.1, -0.05) is 30.0 Å². The number of nitrogens with zero attached hydrogens (tertiary/aromatic N) is 3. The van der Waals surface area contributed by atoms with Gasteiger partial charge in [0, 0.05) is 12.7 Å². The lowest BCUT2D eigenvalue weighted by molar-refractivity contribution is -0.147. The van der Waals surface area contributed by atoms with Gasteiger partial charge in [-0.05, 0) is 43.3 Å². The van der Waals surface area contributed by atoms with E-state index in [1.54, 1.807) is 31.2 Å². The van der Waals surface area contributed by atoms with Crippen LogP contribution in [0.1, 0.15) is 12.7 Å². The summed E-state index contributed by atoms with van der Waals surface area (Å²) in [6.07, 6.45) is -4.60. The molecule has 0 spiro atoms. The maximum atomic E-state index is 12.8. The zero-order chi connectivity index (χ0) is 21.0. The Kier molecular flexibility index (Phi) is 6.12. The van der Waals surface area contributed by atoms with Gasteiger partial charge in [0.1, 0.15) is 11.5 Å². The summed E-state index contributed by atoms with van der Waals surface area (Å²) in [7, 11) is 1.21. The highest BCUT2D eigenvalue weighted by Gasteiger charge is 2.37. The Morgan fingerprint density at radius 2 is 1.69 bits per heavy atom. The number of hydrogen-bond donors (Lipinski definition) is 1. The highest BCUT2D eigenvalue weighted by atomic mass is 32.2. The lowest BCUT2D eigenvalue weighted by atomic mass is 10.3. The third-order valence-electron chi connectivity index (χ3n) is 3.84. The lowest BCUT2D eigenvalue weighted by Crippen LogP contribution is -2.23. The van der Waals surface area contributed by atoms with Gasteiger partial charge in [-0.25, -0.2) is 0 Å². The monoisotopic (exact) mass is 422 g/mol. The van der Waals surface area contributed by atoms with E-state index in [9.17, 15) is 18.0 Å². The number of alkyl halides is 3. The number of ether oxygens (including phenoxy) is 1. The summed E-state index contributed by atoms with van der Waals surface area (Å²) < 4.78 is 44.9. The maximum absolute atomic E-state index is 12.8. The number of para-hydroxylation sites is 1. The quantitative estimate of drug-likeness (QED) is 0.581. The first kappa shape index (κ1) is 20.7. The number of carbonyl (C=O) groups excluding carboxylic acids is 1. The third kappa shape index (κ3) is 5.29. The van der Waals surface area contributed by atoms with Gasteiger partial charge in [0.15, 0.2) is 5.16 Å². The molecule has 3 aromatic rings. The minimum Gasteiger partial charge on any atom is -0.457 e. The van der Waals surface area contributed by atoms with E-state index in [1.807, 2.05) is 30.3 Å². The third-order valence-corrected chi connectivity index (χ3v) is 4.97. The van der Waals surface area contributed by atoms with Gasteiger partial charge in [0.2, 0.25) is 11.7 Å². The fourth-order valence-corrected chi connectivity index (χ4v) is 3.17. The molecule has 0 aliphatic rings. The van der Waals surface area contributed by atoms with Gasteiger partial charge in [-0.2, -0.15) is 13.2 Å². The van der Waals surface area contributed by atoms with Crippen molar-refractivity contribution in [1.82, 2.24) is 14.8 Å². The minimum atomic E-state index is -4.60. The number of nitrogens with one attached hydrogen (secondary N) is 1. The van der Waals surface area contributed by atoms with Crippen LogP contribution in [0.2, 0.25) is 0 Å². The van der Waals surface area contributed by atoms with Crippen molar-refractivity contribution >= 4 is 23.4 Å². The molecule has 0 unspecified atom stereocenters. The standard InChI is InChI=1S/C19H17F3N4O2S/c1-12(29-18-25-24-17(26(18)2)19(20,21)22)16(27)23-13-8-10-15(11-9-13)28-14-6-4-3-5-7-14/h3-12H,1-2H3,(H,23,27)/t12-/m1/s1. The Balaban J connectivity index is 1.59. The smallest absolute Gasteiger partial charge is 0.451 e. The van der Waals surface area contributed by atoms with Crippen LogP contribution in [0.15, 0.2) is 59.8 Å². The molecule has 0 saturated carbocycles. The van der Waals surface area contributed by atoms with E-state index in [1.165, 1.54) is 7.05 Å². The number of benzene rings is 2. The second-order valence-electron chi connectivity index (χ2n) is 6.05. The Morgan fingerprint density at radius 3 is 2.28 bits per heavy atom. The van der Waals surface area contributed by atoms with Gasteiger partial charge in [0.25, 0.3) is 0 Å². The zero-order valence-corrected chi connectivity index (χ0v) is 16.3. The highest BCUT2D eigenvalue weighted by Crippen LogP contribution is 2.31. The Bertz CT molecular complexity index is 975. The van der Waals surface area contributed by atoms with Crippen molar-refractivity contribution in [1.29, 1.82) is 0 Å². The summed E-state index contributed by atoms with van der Waals surface area (Å²) in [5.74, 6) is -0.184. The average molecular weight is 422 g/mol. The second-order valence-corrected chi connectivity index (χ2v) is 7.36. The SMILES string of the molecule is C[C@@H](Sc1nnc(C(F)(F)F)n1C)C(=O)Nc1ccc(Oc2ccccc2)cc1. The van der Waals surface area contributed by atoms with Crippen LogP contribution < -0.4 is 10.1 Å². The predicted octanol–water partition coefficient (Wildman–Crippen LogP) is 4.75. The molecule has 0 radical (unpaired) electrons. The van der Waals surface area contributed by atoms with E-state index in [-0.39, 0.29) is 11.1 Å². The summed E-state index contributed by atoms with van der Waals surface area (Å²) in [5, 5.41) is 8.71. The molecule has 1 aromatic heterocycles. The zero-order valence-electron chi connectivity index (χ0n) is 15.5. The van der Waals surface area contributed by atoms with Crippen molar-refractivity contribution in [3.05, 3.63) is 60.4 Å². The summed E-state index contributed by atoms with van der Waals surface area (Å²) >= 11 is 0.892. The number of aromatic nitrogens is 3. The number of thioether (sulfide) groups is 1. The van der Waals surface area contributed by atoms with E-state index < -0.39 is 17.3 Å². The molecule has 0 bridgehead atoms. The van der Waals surface area contributed by atoms with Crippen LogP contribution in [0.3, 0.4) is 0 Å². The predicted molar refractivity (Wildman–Crippen MR) is 103 cm³/mol. The molecule has 0 aliphatic carbocycles. The van der Waals surface area contributed by atoms with Gasteiger partial charge in [-0.15, -0.1) is 10.2 Å². The minimum absolute atomic E-state index is 0.00610. The number of halogens is 3. The summed E-state index contributed by atoms with van der Waals surface area (Å²) in [4.78, 5) is 12.4. The van der Waals surface area contributed by atoms with Crippen LogP contribution in [-0.2, 0) is 18.0 Å². The number of hydrogen-bond acceptors (Lipinski definition) is 5. The van der Waals surface area contributed by atoms with Gasteiger partial charge in [-0.3, -0.25) is 4.79 Å². The number of anilines is 1. The summed E-state index contributed by atoms with van der Waals surface area (Å²) in [6.45, 7) is 1.58. The van der Waals surface area contributed by atoms with E-state index in [0.29, 0.717) is 17.2 Å². The molecule has 2 aromatic carbocycles. The molecule has 1 atom stereocenters. The molecule has 0 fully saturated rings. The van der Waals surface area contributed by atoms with Crippen LogP contribution in [0.25, 0.3) is 0 Å². The van der Waals surface area contributed by atoms with Crippen molar-refractivity contribution in [3.63, 3.8) is 0 Å². The van der Waals surface area contributed by atoms with E-state index >= 15 is 0 Å². The van der Waals surface area contributed by atoms with Gasteiger partial charge >= 0.3 is 6.18 Å². The lowest BCUT2D eigenvalue weighted by Gasteiger charge is -2.12. The molecular formula is C19H17F3N4O2S. The first-order valence-electron chi connectivity index (χ1n) is 8.51. The van der Waals surface area contributed by atoms with Crippen molar-refractivity contribution in [3.8, 4) is 11.5 Å². The highest BCUT2D eigenvalue weighted by molar-refractivity contribution is 8.00. The molecule has 152 valence electrons. The topological polar surface area (TPSA) is 69.0 Å². The molecule has 0 saturated heterocycles. The molecule has 1 heterocycles. The molecule has 6 nitrogen and oxygen atoms in total. The Hall–Kier alpha value is -3.01. The maximum Gasteiger partial charge on any atom is 0.451 e. The molecule has 0 aliphatic heterocycles. The second kappa shape index (κ2) is 8.56. The summed E-state index contributed by atoms with van der Waals surface area (Å²) in [5.41, 5.74) is 0.539. The number of rotatable bonds is 6. The number of carbonyl (C=O) groups is 1. The molecule has 29 heavy (non-hydrogen) atoms. The first-order valence-corrected chi connectivity index (χ1v) is 9.39. The molecular weight excluding hydrogens is 405 g/mol. The van der Waals surface area contributed by atoms with E-state index in [4.69, 9.17) is 4.74 Å². The Labute approximate surface area is 169 Å². The van der Waals surface area contributed by atoms with Crippen molar-refractivity contribution in [2.24, 2.45) is 7.05 Å². The molecule has 10 heteroatoms.